The van der Waals surface area contributed by atoms with E-state index in [2.05, 4.69) is 24.4 Å². The van der Waals surface area contributed by atoms with Crippen LogP contribution < -0.4 is 11.1 Å². The summed E-state index contributed by atoms with van der Waals surface area (Å²) >= 11 is 0. The number of hydrogen-bond acceptors (Lipinski definition) is 2. The minimum absolute atomic E-state index is 0.659. The molecule has 1 fully saturated rings. The van der Waals surface area contributed by atoms with E-state index < -0.39 is 0 Å². The van der Waals surface area contributed by atoms with Crippen molar-refractivity contribution in [2.45, 2.75) is 45.1 Å². The lowest BCUT2D eigenvalue weighted by Gasteiger charge is -2.29. The lowest BCUT2D eigenvalue weighted by molar-refractivity contribution is 0.330. The first-order valence-electron chi connectivity index (χ1n) is 6.40. The van der Waals surface area contributed by atoms with Gasteiger partial charge in [0.1, 0.15) is 0 Å². The Balaban J connectivity index is 1.84. The molecule has 16 heavy (non-hydrogen) atoms. The second kappa shape index (κ2) is 5.24. The molecular weight excluding hydrogens is 196 g/mol. The molecule has 0 unspecified atom stereocenters. The minimum Gasteiger partial charge on any atom is -0.399 e. The van der Waals surface area contributed by atoms with Crippen LogP contribution >= 0.6 is 0 Å². The van der Waals surface area contributed by atoms with E-state index in [1.807, 2.05) is 12.1 Å². The van der Waals surface area contributed by atoms with Crippen LogP contribution in [0.25, 0.3) is 0 Å². The number of anilines is 2. The molecule has 1 aliphatic rings. The molecule has 0 aromatic heterocycles. The number of nitrogens with one attached hydrogen (secondary N) is 1. The van der Waals surface area contributed by atoms with E-state index in [-0.39, 0.29) is 0 Å². The Hall–Kier alpha value is -1.18. The van der Waals surface area contributed by atoms with E-state index >= 15 is 0 Å². The second-order valence-corrected chi connectivity index (χ2v) is 4.89. The minimum atomic E-state index is 0.659. The first-order chi connectivity index (χ1) is 7.78. The summed E-state index contributed by atoms with van der Waals surface area (Å²) in [5.41, 5.74) is 7.70. The largest absolute Gasteiger partial charge is 0.399 e. The highest BCUT2D eigenvalue weighted by Gasteiger charge is 2.19. The fraction of sp³-hybridized carbons (Fsp3) is 0.571. The number of benzene rings is 1. The van der Waals surface area contributed by atoms with Gasteiger partial charge in [0.05, 0.1) is 0 Å². The van der Waals surface area contributed by atoms with Gasteiger partial charge < -0.3 is 11.1 Å². The van der Waals surface area contributed by atoms with Crippen molar-refractivity contribution >= 4 is 11.4 Å². The Morgan fingerprint density at radius 3 is 2.31 bits per heavy atom. The molecule has 0 radical (unpaired) electrons. The first-order valence-corrected chi connectivity index (χ1v) is 6.40. The standard InChI is InChI=1S/C14H22N2/c1-2-11-3-7-13(8-4-11)16-14-9-5-12(15)6-10-14/h5-6,9-11,13,16H,2-4,7-8,15H2,1H3. The highest BCUT2D eigenvalue weighted by atomic mass is 14.9. The summed E-state index contributed by atoms with van der Waals surface area (Å²) in [5, 5.41) is 3.60. The van der Waals surface area contributed by atoms with E-state index in [4.69, 9.17) is 5.73 Å². The van der Waals surface area contributed by atoms with Gasteiger partial charge in [-0.3, -0.25) is 0 Å². The summed E-state index contributed by atoms with van der Waals surface area (Å²) in [6.07, 6.45) is 6.71. The van der Waals surface area contributed by atoms with E-state index in [1.54, 1.807) is 0 Å². The lowest BCUT2D eigenvalue weighted by Crippen LogP contribution is -2.25. The van der Waals surface area contributed by atoms with Crippen molar-refractivity contribution in [1.29, 1.82) is 0 Å². The molecule has 0 aliphatic heterocycles. The predicted molar refractivity (Wildman–Crippen MR) is 70.5 cm³/mol. The van der Waals surface area contributed by atoms with E-state index in [9.17, 15) is 0 Å². The Labute approximate surface area is 98.2 Å². The average Bonchev–Trinajstić information content (AvgIpc) is 2.33. The molecule has 0 saturated heterocycles. The molecule has 0 spiro atoms. The van der Waals surface area contributed by atoms with Gasteiger partial charge in [-0.2, -0.15) is 0 Å². The normalized spacial score (nSPS) is 25.3. The Bertz CT molecular complexity index is 310. The third kappa shape index (κ3) is 2.91. The first kappa shape index (κ1) is 11.3. The number of hydrogen-bond donors (Lipinski definition) is 2. The maximum Gasteiger partial charge on any atom is 0.0343 e. The van der Waals surface area contributed by atoms with Crippen LogP contribution in [0.2, 0.25) is 0 Å². The second-order valence-electron chi connectivity index (χ2n) is 4.89. The molecule has 0 heterocycles. The van der Waals surface area contributed by atoms with Crippen LogP contribution in [0, 0.1) is 5.92 Å². The zero-order valence-electron chi connectivity index (χ0n) is 10.1. The quantitative estimate of drug-likeness (QED) is 0.760. The highest BCUT2D eigenvalue weighted by Crippen LogP contribution is 2.28. The molecule has 0 bridgehead atoms. The van der Waals surface area contributed by atoms with Gasteiger partial charge >= 0.3 is 0 Å². The SMILES string of the molecule is CCC1CCC(Nc2ccc(N)cc2)CC1. The van der Waals surface area contributed by atoms with Gasteiger partial charge in [-0.25, -0.2) is 0 Å². The van der Waals surface area contributed by atoms with Crippen LogP contribution in [0.1, 0.15) is 39.0 Å². The van der Waals surface area contributed by atoms with Crippen molar-refractivity contribution in [3.05, 3.63) is 24.3 Å². The molecule has 2 nitrogen and oxygen atoms in total. The van der Waals surface area contributed by atoms with Crippen LogP contribution in [0.15, 0.2) is 24.3 Å². The molecule has 0 atom stereocenters. The molecule has 1 aromatic rings. The summed E-state index contributed by atoms with van der Waals surface area (Å²) < 4.78 is 0. The molecule has 1 aliphatic carbocycles. The van der Waals surface area contributed by atoms with Crippen molar-refractivity contribution in [2.75, 3.05) is 11.1 Å². The average molecular weight is 218 g/mol. The summed E-state index contributed by atoms with van der Waals surface area (Å²) in [5.74, 6) is 0.962. The maximum atomic E-state index is 5.67. The predicted octanol–water partition coefficient (Wildman–Crippen LogP) is 3.65. The number of nitrogen functional groups attached to an aromatic ring is 1. The number of rotatable bonds is 3. The summed E-state index contributed by atoms with van der Waals surface area (Å²) in [6, 6.07) is 8.72. The molecule has 3 N–H and O–H groups in total. The highest BCUT2D eigenvalue weighted by molar-refractivity contribution is 5.51. The van der Waals surface area contributed by atoms with Crippen molar-refractivity contribution in [2.24, 2.45) is 5.92 Å². The van der Waals surface area contributed by atoms with Crippen LogP contribution in [0.5, 0.6) is 0 Å². The van der Waals surface area contributed by atoms with Gasteiger partial charge in [-0.1, -0.05) is 13.3 Å². The summed E-state index contributed by atoms with van der Waals surface area (Å²) in [7, 11) is 0. The third-order valence-corrected chi connectivity index (χ3v) is 3.71. The zero-order chi connectivity index (χ0) is 11.4. The molecule has 2 rings (SSSR count). The monoisotopic (exact) mass is 218 g/mol. The van der Waals surface area contributed by atoms with Crippen molar-refractivity contribution < 1.29 is 0 Å². The van der Waals surface area contributed by atoms with E-state index in [0.29, 0.717) is 6.04 Å². The maximum absolute atomic E-state index is 5.67. The molecule has 1 aromatic carbocycles. The lowest BCUT2D eigenvalue weighted by atomic mass is 9.84. The van der Waals surface area contributed by atoms with Crippen LogP contribution in [-0.2, 0) is 0 Å². The Kier molecular flexibility index (Phi) is 3.70. The molecule has 88 valence electrons. The Morgan fingerprint density at radius 2 is 1.75 bits per heavy atom. The Morgan fingerprint density at radius 1 is 1.12 bits per heavy atom. The van der Waals surface area contributed by atoms with Gasteiger partial charge in [-0.05, 0) is 55.9 Å². The molecule has 2 heteroatoms. The molecule has 0 amide bonds. The topological polar surface area (TPSA) is 38.0 Å². The van der Waals surface area contributed by atoms with E-state index in [0.717, 1.165) is 11.6 Å². The zero-order valence-corrected chi connectivity index (χ0v) is 10.1. The van der Waals surface area contributed by atoms with Crippen molar-refractivity contribution in [3.63, 3.8) is 0 Å². The van der Waals surface area contributed by atoms with Crippen LogP contribution in [0.3, 0.4) is 0 Å². The summed E-state index contributed by atoms with van der Waals surface area (Å²) in [4.78, 5) is 0. The van der Waals surface area contributed by atoms with Crippen LogP contribution in [0.4, 0.5) is 11.4 Å². The van der Waals surface area contributed by atoms with Crippen LogP contribution in [-0.4, -0.2) is 6.04 Å². The van der Waals surface area contributed by atoms with E-state index in [1.165, 1.54) is 37.8 Å². The summed E-state index contributed by atoms with van der Waals surface area (Å²) in [6.45, 7) is 2.30. The molecule has 1 saturated carbocycles. The van der Waals surface area contributed by atoms with Crippen molar-refractivity contribution in [3.8, 4) is 0 Å². The molecular formula is C14H22N2. The van der Waals surface area contributed by atoms with Gasteiger partial charge in [-0.15, -0.1) is 0 Å². The third-order valence-electron chi connectivity index (χ3n) is 3.71. The fourth-order valence-corrected chi connectivity index (χ4v) is 2.53. The number of nitrogens with two attached hydrogens (primary N) is 1. The van der Waals surface area contributed by atoms with Gasteiger partial charge in [0.2, 0.25) is 0 Å². The van der Waals surface area contributed by atoms with Gasteiger partial charge in [0.25, 0.3) is 0 Å². The fourth-order valence-electron chi connectivity index (χ4n) is 2.53. The smallest absolute Gasteiger partial charge is 0.0343 e. The van der Waals surface area contributed by atoms with Gasteiger partial charge in [0.15, 0.2) is 0 Å². The van der Waals surface area contributed by atoms with Gasteiger partial charge in [0, 0.05) is 17.4 Å². The van der Waals surface area contributed by atoms with Crippen molar-refractivity contribution in [1.82, 2.24) is 0 Å².